The lowest BCUT2D eigenvalue weighted by Crippen LogP contribution is -2.04. The van der Waals surface area contributed by atoms with E-state index in [9.17, 15) is 4.79 Å². The normalized spacial score (nSPS) is 16.0. The Morgan fingerprint density at radius 1 is 1.16 bits per heavy atom. The van der Waals surface area contributed by atoms with E-state index in [0.717, 1.165) is 28.7 Å². The van der Waals surface area contributed by atoms with Gasteiger partial charge in [-0.3, -0.25) is 9.78 Å². The average molecular weight is 253 g/mol. The number of pyridine rings is 1. The molecule has 0 N–H and O–H groups in total. The number of fused-ring (bicyclic) bond motifs is 1. The number of carbonyl (C=O) groups excluding carboxylic acids is 1. The second kappa shape index (κ2) is 5.52. The maximum atomic E-state index is 12.4. The molecule has 1 heterocycles. The van der Waals surface area contributed by atoms with Crippen LogP contribution in [-0.2, 0) is 0 Å². The van der Waals surface area contributed by atoms with Gasteiger partial charge in [0.15, 0.2) is 5.78 Å². The number of ketones is 1. The number of aromatic nitrogens is 1. The minimum Gasteiger partial charge on any atom is -0.294 e. The Hall–Kier alpha value is -1.70. The van der Waals surface area contributed by atoms with E-state index in [2.05, 4.69) is 4.98 Å². The highest BCUT2D eigenvalue weighted by atomic mass is 16.1. The highest BCUT2D eigenvalue weighted by Gasteiger charge is 2.17. The van der Waals surface area contributed by atoms with Crippen LogP contribution in [0.3, 0.4) is 0 Å². The Bertz CT molecular complexity index is 579. The molecule has 0 atom stereocenters. The summed E-state index contributed by atoms with van der Waals surface area (Å²) in [6, 6.07) is 7.99. The quantitative estimate of drug-likeness (QED) is 0.756. The van der Waals surface area contributed by atoms with Crippen molar-refractivity contribution in [3.8, 4) is 0 Å². The maximum Gasteiger partial charge on any atom is 0.165 e. The SMILES string of the molecule is O=C(CCC1CCCC1)c1cncc2ccccc12. The predicted octanol–water partition coefficient (Wildman–Crippen LogP) is 4.39. The van der Waals surface area contributed by atoms with Crippen LogP contribution in [0.2, 0.25) is 0 Å². The fraction of sp³-hybridized carbons (Fsp3) is 0.412. The van der Waals surface area contributed by atoms with E-state index in [1.807, 2.05) is 30.5 Å². The molecular formula is C17H19NO. The van der Waals surface area contributed by atoms with Crippen LogP contribution in [0, 0.1) is 5.92 Å². The molecule has 1 aliphatic rings. The summed E-state index contributed by atoms with van der Waals surface area (Å²) in [5, 5.41) is 2.09. The van der Waals surface area contributed by atoms with Crippen LogP contribution in [0.1, 0.15) is 48.9 Å². The fourth-order valence-corrected chi connectivity index (χ4v) is 3.11. The number of rotatable bonds is 4. The number of hydrogen-bond donors (Lipinski definition) is 0. The molecule has 0 radical (unpaired) electrons. The first-order chi connectivity index (χ1) is 9.34. The number of benzene rings is 1. The predicted molar refractivity (Wildman–Crippen MR) is 77.3 cm³/mol. The maximum absolute atomic E-state index is 12.4. The molecule has 1 aliphatic carbocycles. The van der Waals surface area contributed by atoms with Crippen molar-refractivity contribution < 1.29 is 4.79 Å². The van der Waals surface area contributed by atoms with Crippen LogP contribution in [0.15, 0.2) is 36.7 Å². The van der Waals surface area contributed by atoms with Crippen molar-refractivity contribution in [3.63, 3.8) is 0 Å². The molecule has 1 aromatic heterocycles. The van der Waals surface area contributed by atoms with Crippen molar-refractivity contribution in [1.29, 1.82) is 0 Å². The summed E-state index contributed by atoms with van der Waals surface area (Å²) in [6.07, 6.45) is 10.6. The largest absolute Gasteiger partial charge is 0.294 e. The molecule has 1 aromatic carbocycles. The van der Waals surface area contributed by atoms with Gasteiger partial charge in [-0.2, -0.15) is 0 Å². The highest BCUT2D eigenvalue weighted by Crippen LogP contribution is 2.29. The van der Waals surface area contributed by atoms with Gasteiger partial charge in [0.2, 0.25) is 0 Å². The molecule has 0 unspecified atom stereocenters. The van der Waals surface area contributed by atoms with Crippen LogP contribution in [0.25, 0.3) is 10.8 Å². The third-order valence-electron chi connectivity index (χ3n) is 4.22. The molecule has 19 heavy (non-hydrogen) atoms. The Morgan fingerprint density at radius 2 is 1.95 bits per heavy atom. The van der Waals surface area contributed by atoms with Crippen LogP contribution in [0.5, 0.6) is 0 Å². The van der Waals surface area contributed by atoms with Crippen molar-refractivity contribution in [2.24, 2.45) is 5.92 Å². The second-order valence-electron chi connectivity index (χ2n) is 5.52. The van der Waals surface area contributed by atoms with Crippen LogP contribution in [-0.4, -0.2) is 10.8 Å². The molecule has 2 nitrogen and oxygen atoms in total. The van der Waals surface area contributed by atoms with Crippen LogP contribution >= 0.6 is 0 Å². The molecule has 2 heteroatoms. The molecule has 1 saturated carbocycles. The topological polar surface area (TPSA) is 30.0 Å². The first-order valence-electron chi connectivity index (χ1n) is 7.20. The highest BCUT2D eigenvalue weighted by molar-refractivity contribution is 6.07. The van der Waals surface area contributed by atoms with Crippen molar-refractivity contribution in [3.05, 3.63) is 42.2 Å². The lowest BCUT2D eigenvalue weighted by molar-refractivity contribution is 0.0975. The first-order valence-corrected chi connectivity index (χ1v) is 7.20. The molecule has 0 bridgehead atoms. The van der Waals surface area contributed by atoms with Crippen molar-refractivity contribution in [2.75, 3.05) is 0 Å². The average Bonchev–Trinajstić information content (AvgIpc) is 2.97. The molecule has 0 saturated heterocycles. The lowest BCUT2D eigenvalue weighted by atomic mass is 9.96. The van der Waals surface area contributed by atoms with Crippen LogP contribution in [0.4, 0.5) is 0 Å². The molecule has 3 rings (SSSR count). The van der Waals surface area contributed by atoms with Gasteiger partial charge >= 0.3 is 0 Å². The zero-order valence-corrected chi connectivity index (χ0v) is 11.1. The van der Waals surface area contributed by atoms with Crippen LogP contribution < -0.4 is 0 Å². The lowest BCUT2D eigenvalue weighted by Gasteiger charge is -2.09. The summed E-state index contributed by atoms with van der Waals surface area (Å²) in [6.45, 7) is 0. The monoisotopic (exact) mass is 253 g/mol. The van der Waals surface area contributed by atoms with Gasteiger partial charge in [-0.15, -0.1) is 0 Å². The minimum absolute atomic E-state index is 0.246. The van der Waals surface area contributed by atoms with Gasteiger partial charge in [-0.05, 0) is 17.7 Å². The van der Waals surface area contributed by atoms with E-state index in [1.54, 1.807) is 6.20 Å². The summed E-state index contributed by atoms with van der Waals surface area (Å²) in [7, 11) is 0. The van der Waals surface area contributed by atoms with Gasteiger partial charge in [-0.1, -0.05) is 49.9 Å². The Morgan fingerprint density at radius 3 is 2.79 bits per heavy atom. The molecular weight excluding hydrogens is 234 g/mol. The molecule has 2 aromatic rings. The van der Waals surface area contributed by atoms with Gasteiger partial charge in [0, 0.05) is 29.8 Å². The summed E-state index contributed by atoms with van der Waals surface area (Å²) < 4.78 is 0. The van der Waals surface area contributed by atoms with E-state index in [-0.39, 0.29) is 5.78 Å². The number of hydrogen-bond acceptors (Lipinski definition) is 2. The number of nitrogens with zero attached hydrogens (tertiary/aromatic N) is 1. The number of carbonyl (C=O) groups is 1. The number of Topliss-reactive ketones (excluding diaryl/α,β-unsaturated/α-hetero) is 1. The van der Waals surface area contributed by atoms with Gasteiger partial charge in [0.25, 0.3) is 0 Å². The smallest absolute Gasteiger partial charge is 0.165 e. The van der Waals surface area contributed by atoms with Gasteiger partial charge in [0.05, 0.1) is 0 Å². The van der Waals surface area contributed by atoms with Crippen molar-refractivity contribution in [2.45, 2.75) is 38.5 Å². The van der Waals surface area contributed by atoms with E-state index in [4.69, 9.17) is 0 Å². The van der Waals surface area contributed by atoms with Gasteiger partial charge in [-0.25, -0.2) is 0 Å². The Balaban J connectivity index is 1.77. The summed E-state index contributed by atoms with van der Waals surface area (Å²) >= 11 is 0. The molecule has 1 fully saturated rings. The summed E-state index contributed by atoms with van der Waals surface area (Å²) in [5.41, 5.74) is 0.788. The molecule has 0 spiro atoms. The van der Waals surface area contributed by atoms with Gasteiger partial charge in [0.1, 0.15) is 0 Å². The fourth-order valence-electron chi connectivity index (χ4n) is 3.11. The molecule has 0 aliphatic heterocycles. The van der Waals surface area contributed by atoms with E-state index < -0.39 is 0 Å². The third kappa shape index (κ3) is 2.67. The van der Waals surface area contributed by atoms with Gasteiger partial charge < -0.3 is 0 Å². The van der Waals surface area contributed by atoms with Crippen molar-refractivity contribution >= 4 is 16.6 Å². The van der Waals surface area contributed by atoms with Crippen molar-refractivity contribution in [1.82, 2.24) is 4.98 Å². The first kappa shape index (κ1) is 12.3. The zero-order valence-electron chi connectivity index (χ0n) is 11.1. The molecule has 0 amide bonds. The zero-order chi connectivity index (χ0) is 13.1. The van der Waals surface area contributed by atoms with E-state index in [0.29, 0.717) is 6.42 Å². The summed E-state index contributed by atoms with van der Waals surface area (Å²) in [4.78, 5) is 16.6. The minimum atomic E-state index is 0.246. The summed E-state index contributed by atoms with van der Waals surface area (Å²) in [5.74, 6) is 1.02. The van der Waals surface area contributed by atoms with E-state index in [1.165, 1.54) is 25.7 Å². The third-order valence-corrected chi connectivity index (χ3v) is 4.22. The Kier molecular flexibility index (Phi) is 3.58. The standard InChI is InChI=1S/C17H19NO/c19-17(10-9-13-5-1-2-6-13)16-12-18-11-14-7-3-4-8-15(14)16/h3-4,7-8,11-13H,1-2,5-6,9-10H2. The Labute approximate surface area is 113 Å². The van der Waals surface area contributed by atoms with E-state index >= 15 is 0 Å². The second-order valence-corrected chi connectivity index (χ2v) is 5.52. The molecule has 98 valence electrons.